The van der Waals surface area contributed by atoms with E-state index in [-0.39, 0.29) is 17.2 Å². The number of nitriles is 1. The van der Waals surface area contributed by atoms with E-state index in [1.807, 2.05) is 63.2 Å². The van der Waals surface area contributed by atoms with E-state index in [2.05, 4.69) is 27.9 Å². The summed E-state index contributed by atoms with van der Waals surface area (Å²) >= 11 is 0. The average Bonchev–Trinajstić information content (AvgIpc) is 3.43. The smallest absolute Gasteiger partial charge is 0.407 e. The van der Waals surface area contributed by atoms with E-state index in [1.54, 1.807) is 33.8 Å². The number of nitrogens with zero attached hydrogens (tertiary/aromatic N) is 4. The molecule has 0 fully saturated rings. The number of fused-ring (bicyclic) bond motifs is 1. The standard InChI is InChI=1S/C34H34N6O4/c1-34(2,3)44-33(43)36-16-15-25-8-4-5-9-26(25)19-23-11-13-28(14-12-23)39-17-18-40-30(32(39)42)29(22-37-40)31(41)38-27-10-6-7-24(20-27)21-35/h4-14,20,22H,15-19H2,1-3H3,(H,36,43)(H,38,41). The van der Waals surface area contributed by atoms with Gasteiger partial charge in [-0.25, -0.2) is 4.79 Å². The van der Waals surface area contributed by atoms with Gasteiger partial charge in [-0.3, -0.25) is 14.3 Å². The van der Waals surface area contributed by atoms with Crippen molar-refractivity contribution in [2.45, 2.75) is 45.8 Å². The maximum absolute atomic E-state index is 13.6. The quantitative estimate of drug-likeness (QED) is 0.286. The minimum atomic E-state index is -0.544. The summed E-state index contributed by atoms with van der Waals surface area (Å²) in [5, 5.41) is 19.0. The first-order valence-electron chi connectivity index (χ1n) is 14.4. The van der Waals surface area contributed by atoms with Gasteiger partial charge in [0.05, 0.1) is 29.9 Å². The molecule has 0 aliphatic carbocycles. The Balaban J connectivity index is 1.24. The fourth-order valence-electron chi connectivity index (χ4n) is 5.08. The van der Waals surface area contributed by atoms with Crippen molar-refractivity contribution in [3.8, 4) is 6.07 Å². The van der Waals surface area contributed by atoms with Crippen molar-refractivity contribution >= 4 is 29.3 Å². The average molecular weight is 591 g/mol. The van der Waals surface area contributed by atoms with E-state index in [0.29, 0.717) is 43.7 Å². The lowest BCUT2D eigenvalue weighted by atomic mass is 9.97. The highest BCUT2D eigenvalue weighted by atomic mass is 16.6. The Bertz CT molecular complexity index is 1730. The molecule has 44 heavy (non-hydrogen) atoms. The van der Waals surface area contributed by atoms with Gasteiger partial charge in [-0.05, 0) is 80.6 Å². The third-order valence-electron chi connectivity index (χ3n) is 7.14. The van der Waals surface area contributed by atoms with E-state index >= 15 is 0 Å². The number of rotatable bonds is 8. The normalized spacial score (nSPS) is 12.7. The Labute approximate surface area is 256 Å². The molecule has 0 saturated carbocycles. The lowest BCUT2D eigenvalue weighted by Gasteiger charge is -2.28. The van der Waals surface area contributed by atoms with Crippen LogP contribution in [-0.2, 0) is 24.1 Å². The molecule has 1 aliphatic rings. The Morgan fingerprint density at radius 1 is 1.00 bits per heavy atom. The number of amides is 3. The molecule has 0 atom stereocenters. The highest BCUT2D eigenvalue weighted by Crippen LogP contribution is 2.25. The minimum Gasteiger partial charge on any atom is -0.444 e. The fraction of sp³-hybridized carbons (Fsp3) is 0.265. The molecule has 224 valence electrons. The molecule has 0 bridgehead atoms. The number of carbonyl (C=O) groups is 3. The molecule has 1 aromatic heterocycles. The second-order valence-corrected chi connectivity index (χ2v) is 11.5. The van der Waals surface area contributed by atoms with Crippen molar-refractivity contribution in [3.05, 3.63) is 113 Å². The van der Waals surface area contributed by atoms with Crippen LogP contribution in [0.1, 0.15) is 63.9 Å². The molecule has 2 N–H and O–H groups in total. The van der Waals surface area contributed by atoms with Crippen molar-refractivity contribution in [1.82, 2.24) is 15.1 Å². The Morgan fingerprint density at radius 3 is 2.48 bits per heavy atom. The first-order chi connectivity index (χ1) is 21.1. The summed E-state index contributed by atoms with van der Waals surface area (Å²) < 4.78 is 6.88. The fourth-order valence-corrected chi connectivity index (χ4v) is 5.08. The van der Waals surface area contributed by atoms with Crippen LogP contribution in [0.2, 0.25) is 0 Å². The number of carbonyl (C=O) groups excluding carboxylic acids is 3. The van der Waals surface area contributed by atoms with Crippen molar-refractivity contribution in [2.24, 2.45) is 0 Å². The summed E-state index contributed by atoms with van der Waals surface area (Å²) in [5.74, 6) is -0.771. The van der Waals surface area contributed by atoms with E-state index in [4.69, 9.17) is 10.00 Å². The molecule has 0 saturated heterocycles. The van der Waals surface area contributed by atoms with Gasteiger partial charge in [-0.1, -0.05) is 42.5 Å². The number of nitrogens with one attached hydrogen (secondary N) is 2. The van der Waals surface area contributed by atoms with Crippen LogP contribution in [0.25, 0.3) is 0 Å². The van der Waals surface area contributed by atoms with Gasteiger partial charge in [0.15, 0.2) is 0 Å². The van der Waals surface area contributed by atoms with Crippen molar-refractivity contribution in [1.29, 1.82) is 5.26 Å². The summed E-state index contributed by atoms with van der Waals surface area (Å²) in [6.45, 7) is 6.83. The van der Waals surface area contributed by atoms with Gasteiger partial charge in [-0.15, -0.1) is 0 Å². The Morgan fingerprint density at radius 2 is 1.75 bits per heavy atom. The summed E-state index contributed by atoms with van der Waals surface area (Å²) in [6.07, 6.45) is 2.34. The Kier molecular flexibility index (Phi) is 8.76. The predicted octanol–water partition coefficient (Wildman–Crippen LogP) is 5.33. The molecule has 10 heteroatoms. The van der Waals surface area contributed by atoms with Gasteiger partial charge < -0.3 is 20.3 Å². The number of ether oxygens (including phenoxy) is 1. The highest BCUT2D eigenvalue weighted by Gasteiger charge is 2.32. The molecule has 4 aromatic rings. The van der Waals surface area contributed by atoms with Crippen LogP contribution in [0.5, 0.6) is 0 Å². The lowest BCUT2D eigenvalue weighted by Crippen LogP contribution is -2.41. The van der Waals surface area contributed by atoms with Crippen LogP contribution in [-0.4, -0.2) is 46.4 Å². The number of hydrogen-bond donors (Lipinski definition) is 2. The van der Waals surface area contributed by atoms with Crippen molar-refractivity contribution in [2.75, 3.05) is 23.3 Å². The maximum Gasteiger partial charge on any atom is 0.407 e. The van der Waals surface area contributed by atoms with Crippen LogP contribution in [0.3, 0.4) is 0 Å². The second kappa shape index (κ2) is 12.8. The summed E-state index contributed by atoms with van der Waals surface area (Å²) in [7, 11) is 0. The summed E-state index contributed by atoms with van der Waals surface area (Å²) in [5.41, 5.74) is 4.84. The van der Waals surface area contributed by atoms with E-state index in [9.17, 15) is 14.4 Å². The molecular formula is C34H34N6O4. The third-order valence-corrected chi connectivity index (χ3v) is 7.14. The molecule has 1 aliphatic heterocycles. The number of aromatic nitrogens is 2. The monoisotopic (exact) mass is 590 g/mol. The maximum atomic E-state index is 13.6. The molecule has 0 spiro atoms. The van der Waals surface area contributed by atoms with Gasteiger partial charge in [0, 0.05) is 24.5 Å². The molecule has 3 aromatic carbocycles. The predicted molar refractivity (Wildman–Crippen MR) is 167 cm³/mol. The van der Waals surface area contributed by atoms with E-state index < -0.39 is 17.6 Å². The largest absolute Gasteiger partial charge is 0.444 e. The van der Waals surface area contributed by atoms with Crippen LogP contribution in [0, 0.1) is 11.3 Å². The van der Waals surface area contributed by atoms with Gasteiger partial charge >= 0.3 is 6.09 Å². The zero-order valence-electron chi connectivity index (χ0n) is 25.0. The zero-order valence-corrected chi connectivity index (χ0v) is 25.0. The van der Waals surface area contributed by atoms with Crippen molar-refractivity contribution < 1.29 is 19.1 Å². The van der Waals surface area contributed by atoms with Crippen LogP contribution in [0.4, 0.5) is 16.2 Å². The molecule has 3 amide bonds. The van der Waals surface area contributed by atoms with Gasteiger partial charge in [-0.2, -0.15) is 10.4 Å². The Hall–Kier alpha value is -5.43. The summed E-state index contributed by atoms with van der Waals surface area (Å²) in [6, 6.07) is 24.6. The lowest BCUT2D eigenvalue weighted by molar-refractivity contribution is 0.0528. The third kappa shape index (κ3) is 7.13. The molecule has 5 rings (SSSR count). The van der Waals surface area contributed by atoms with Gasteiger partial charge in [0.1, 0.15) is 11.3 Å². The van der Waals surface area contributed by atoms with E-state index in [1.165, 1.54) is 6.20 Å². The molecule has 10 nitrogen and oxygen atoms in total. The van der Waals surface area contributed by atoms with E-state index in [0.717, 1.165) is 22.4 Å². The van der Waals surface area contributed by atoms with Crippen molar-refractivity contribution in [3.63, 3.8) is 0 Å². The first kappa shape index (κ1) is 30.0. The molecule has 0 unspecified atom stereocenters. The molecule has 0 radical (unpaired) electrons. The van der Waals surface area contributed by atoms with Crippen LogP contribution >= 0.6 is 0 Å². The molecular weight excluding hydrogens is 556 g/mol. The number of anilines is 2. The summed E-state index contributed by atoms with van der Waals surface area (Å²) in [4.78, 5) is 40.4. The minimum absolute atomic E-state index is 0.177. The second-order valence-electron chi connectivity index (χ2n) is 11.5. The number of hydrogen-bond acceptors (Lipinski definition) is 6. The molecule has 2 heterocycles. The SMILES string of the molecule is CC(C)(C)OC(=O)NCCc1ccccc1Cc1ccc(N2CCn3ncc(C(=O)Nc4cccc(C#N)c4)c3C2=O)cc1. The van der Waals surface area contributed by atoms with Gasteiger partial charge in [0.2, 0.25) is 0 Å². The number of alkyl carbamates (subject to hydrolysis) is 1. The topological polar surface area (TPSA) is 129 Å². The van der Waals surface area contributed by atoms with Crippen LogP contribution in [0.15, 0.2) is 79.0 Å². The van der Waals surface area contributed by atoms with Crippen LogP contribution < -0.4 is 15.5 Å². The number of benzene rings is 3. The zero-order chi connectivity index (χ0) is 31.3. The highest BCUT2D eigenvalue weighted by molar-refractivity contribution is 6.15. The van der Waals surface area contributed by atoms with Gasteiger partial charge in [0.25, 0.3) is 11.8 Å². The first-order valence-corrected chi connectivity index (χ1v) is 14.4.